The number of ether oxygens (including phenoxy) is 2. The number of hydrogen-bond acceptors (Lipinski definition) is 3. The van der Waals surface area contributed by atoms with Crippen molar-refractivity contribution >= 4 is 17.9 Å². The van der Waals surface area contributed by atoms with Gasteiger partial charge in [0.25, 0.3) is 0 Å². The maximum absolute atomic E-state index is 10.6. The minimum atomic E-state index is -0.568. The first-order valence-corrected chi connectivity index (χ1v) is 6.16. The molecule has 0 saturated heterocycles. The van der Waals surface area contributed by atoms with Gasteiger partial charge in [0.2, 0.25) is 6.29 Å². The quantitative estimate of drug-likeness (QED) is 0.285. The summed E-state index contributed by atoms with van der Waals surface area (Å²) in [6.45, 7) is 4.86. The molecule has 0 aromatic rings. The van der Waals surface area contributed by atoms with E-state index in [0.717, 1.165) is 19.3 Å². The van der Waals surface area contributed by atoms with Gasteiger partial charge in [0, 0.05) is 6.42 Å². The minimum absolute atomic E-state index is 0.415. The van der Waals surface area contributed by atoms with Crippen LogP contribution in [0.1, 0.15) is 52.4 Å². The van der Waals surface area contributed by atoms with E-state index in [-0.39, 0.29) is 0 Å². The molecule has 0 saturated carbocycles. The van der Waals surface area contributed by atoms with E-state index in [1.807, 2.05) is 6.92 Å². The highest BCUT2D eigenvalue weighted by Crippen LogP contribution is 2.08. The second kappa shape index (κ2) is 10.3. The van der Waals surface area contributed by atoms with Gasteiger partial charge in [-0.15, -0.1) is 0 Å². The molecule has 15 heavy (non-hydrogen) atoms. The largest absolute Gasteiger partial charge is 0.428 e. The standard InChI is InChI=1S/C11H22O3S/c1-3-5-6-7-9-13-10(8-4-2)14-11(12)15/h10H,3-9H2,1-2H3,(H,12,15). The van der Waals surface area contributed by atoms with Gasteiger partial charge < -0.3 is 9.47 Å². The second-order valence-corrected chi connectivity index (χ2v) is 3.90. The Hall–Kier alpha value is -0.220. The van der Waals surface area contributed by atoms with Crippen molar-refractivity contribution in [3.05, 3.63) is 0 Å². The number of thiol groups is 1. The number of rotatable bonds is 9. The molecule has 0 radical (unpaired) electrons. The molecule has 3 nitrogen and oxygen atoms in total. The lowest BCUT2D eigenvalue weighted by Crippen LogP contribution is -2.19. The van der Waals surface area contributed by atoms with Gasteiger partial charge in [0.1, 0.15) is 0 Å². The summed E-state index contributed by atoms with van der Waals surface area (Å²) < 4.78 is 10.3. The molecule has 4 heteroatoms. The van der Waals surface area contributed by atoms with E-state index in [9.17, 15) is 4.79 Å². The van der Waals surface area contributed by atoms with Crippen molar-refractivity contribution in [2.24, 2.45) is 0 Å². The number of carbonyl (C=O) groups is 1. The van der Waals surface area contributed by atoms with Gasteiger partial charge in [0.05, 0.1) is 6.61 Å². The highest BCUT2D eigenvalue weighted by atomic mass is 32.1. The Morgan fingerprint density at radius 3 is 2.47 bits per heavy atom. The van der Waals surface area contributed by atoms with E-state index in [4.69, 9.17) is 9.47 Å². The zero-order valence-corrected chi connectivity index (χ0v) is 10.6. The molecule has 0 aliphatic heterocycles. The van der Waals surface area contributed by atoms with Gasteiger partial charge in [-0.2, -0.15) is 0 Å². The van der Waals surface area contributed by atoms with E-state index in [1.165, 1.54) is 19.3 Å². The lowest BCUT2D eigenvalue weighted by Gasteiger charge is -2.16. The van der Waals surface area contributed by atoms with Gasteiger partial charge in [-0.1, -0.05) is 52.2 Å². The molecule has 90 valence electrons. The Bertz CT molecular complexity index is 162. The maximum atomic E-state index is 10.6. The van der Waals surface area contributed by atoms with Crippen LogP contribution in [-0.2, 0) is 9.47 Å². The van der Waals surface area contributed by atoms with Crippen LogP contribution in [0.25, 0.3) is 0 Å². The summed E-state index contributed by atoms with van der Waals surface area (Å²) in [4.78, 5) is 10.6. The normalized spacial score (nSPS) is 12.5. The third-order valence-electron chi connectivity index (χ3n) is 2.06. The Kier molecular flexibility index (Phi) is 10.2. The van der Waals surface area contributed by atoms with Crippen LogP contribution in [0.4, 0.5) is 4.79 Å². The molecule has 0 rings (SSSR count). The van der Waals surface area contributed by atoms with Crippen molar-refractivity contribution in [3.63, 3.8) is 0 Å². The summed E-state index contributed by atoms with van der Waals surface area (Å²) >= 11 is 3.57. The minimum Gasteiger partial charge on any atom is -0.428 e. The number of unbranched alkanes of at least 4 members (excludes halogenated alkanes) is 3. The molecule has 0 spiro atoms. The molecule has 0 amide bonds. The van der Waals surface area contributed by atoms with Crippen LogP contribution in [-0.4, -0.2) is 18.2 Å². The number of carbonyl (C=O) groups excluding carboxylic acids is 1. The highest BCUT2D eigenvalue weighted by Gasteiger charge is 2.10. The Morgan fingerprint density at radius 2 is 1.93 bits per heavy atom. The van der Waals surface area contributed by atoms with Gasteiger partial charge in [0.15, 0.2) is 0 Å². The summed E-state index contributed by atoms with van der Waals surface area (Å²) in [6.07, 6.45) is 5.89. The highest BCUT2D eigenvalue weighted by molar-refractivity contribution is 7.96. The van der Waals surface area contributed by atoms with Crippen molar-refractivity contribution in [1.29, 1.82) is 0 Å². The molecular weight excluding hydrogens is 212 g/mol. The first kappa shape index (κ1) is 14.8. The molecule has 0 N–H and O–H groups in total. The summed E-state index contributed by atoms with van der Waals surface area (Å²) in [5.41, 5.74) is 0. The van der Waals surface area contributed by atoms with Crippen molar-refractivity contribution in [2.45, 2.75) is 58.7 Å². The van der Waals surface area contributed by atoms with Crippen molar-refractivity contribution in [1.82, 2.24) is 0 Å². The fourth-order valence-corrected chi connectivity index (χ4v) is 1.39. The number of hydrogen-bond donors (Lipinski definition) is 1. The van der Waals surface area contributed by atoms with Crippen LogP contribution in [0.5, 0.6) is 0 Å². The third-order valence-corrected chi connectivity index (χ3v) is 2.16. The smallest absolute Gasteiger partial charge is 0.366 e. The van der Waals surface area contributed by atoms with E-state index in [1.54, 1.807) is 0 Å². The van der Waals surface area contributed by atoms with Crippen LogP contribution >= 0.6 is 12.6 Å². The molecule has 0 bridgehead atoms. The monoisotopic (exact) mass is 234 g/mol. The van der Waals surface area contributed by atoms with Crippen LogP contribution in [0.15, 0.2) is 0 Å². The first-order chi connectivity index (χ1) is 7.20. The fraction of sp³-hybridized carbons (Fsp3) is 0.909. The van der Waals surface area contributed by atoms with E-state index in [2.05, 4.69) is 19.6 Å². The molecule has 0 fully saturated rings. The molecule has 0 aliphatic rings. The lowest BCUT2D eigenvalue weighted by molar-refractivity contribution is -0.101. The van der Waals surface area contributed by atoms with Gasteiger partial charge in [-0.25, -0.2) is 4.79 Å². The van der Waals surface area contributed by atoms with E-state index >= 15 is 0 Å². The van der Waals surface area contributed by atoms with Crippen LogP contribution < -0.4 is 0 Å². The molecule has 1 atom stereocenters. The van der Waals surface area contributed by atoms with Gasteiger partial charge >= 0.3 is 5.30 Å². The van der Waals surface area contributed by atoms with Crippen molar-refractivity contribution < 1.29 is 14.3 Å². The van der Waals surface area contributed by atoms with Crippen LogP contribution in [0.2, 0.25) is 0 Å². The predicted molar refractivity (Wildman–Crippen MR) is 64.3 cm³/mol. The summed E-state index contributed by atoms with van der Waals surface area (Å²) in [5.74, 6) is 0. The molecule has 0 aromatic carbocycles. The average molecular weight is 234 g/mol. The fourth-order valence-electron chi connectivity index (χ4n) is 1.27. The molecule has 1 unspecified atom stereocenters. The summed E-state index contributed by atoms with van der Waals surface area (Å²) in [7, 11) is 0. The lowest BCUT2D eigenvalue weighted by atomic mass is 10.2. The zero-order valence-electron chi connectivity index (χ0n) is 9.70. The Balaban J connectivity index is 3.52. The molecular formula is C11H22O3S. The Morgan fingerprint density at radius 1 is 1.20 bits per heavy atom. The van der Waals surface area contributed by atoms with E-state index in [0.29, 0.717) is 6.61 Å². The second-order valence-electron chi connectivity index (χ2n) is 3.53. The van der Waals surface area contributed by atoms with Crippen LogP contribution in [0.3, 0.4) is 0 Å². The average Bonchev–Trinajstić information content (AvgIpc) is 2.17. The molecule has 0 aromatic heterocycles. The topological polar surface area (TPSA) is 35.5 Å². The van der Waals surface area contributed by atoms with Crippen molar-refractivity contribution in [3.8, 4) is 0 Å². The Labute approximate surface area is 97.9 Å². The summed E-state index contributed by atoms with van der Waals surface area (Å²) in [5, 5.41) is -0.568. The van der Waals surface area contributed by atoms with Crippen LogP contribution in [0, 0.1) is 0 Å². The molecule has 0 heterocycles. The van der Waals surface area contributed by atoms with Gasteiger partial charge in [-0.3, -0.25) is 0 Å². The maximum Gasteiger partial charge on any atom is 0.366 e. The SMILES string of the molecule is CCCCCCOC(CCC)OC(=O)S. The molecule has 0 aliphatic carbocycles. The third kappa shape index (κ3) is 10.1. The summed E-state index contributed by atoms with van der Waals surface area (Å²) in [6, 6.07) is 0. The van der Waals surface area contributed by atoms with E-state index < -0.39 is 11.6 Å². The first-order valence-electron chi connectivity index (χ1n) is 5.71. The predicted octanol–water partition coefficient (Wildman–Crippen LogP) is 3.78. The van der Waals surface area contributed by atoms with Crippen molar-refractivity contribution in [2.75, 3.05) is 6.61 Å². The van der Waals surface area contributed by atoms with Gasteiger partial charge in [-0.05, 0) is 6.42 Å². The zero-order chi connectivity index (χ0) is 11.5.